The van der Waals surface area contributed by atoms with Crippen LogP contribution in [-0.4, -0.2) is 25.9 Å². The lowest BCUT2D eigenvalue weighted by Crippen LogP contribution is -2.02. The van der Waals surface area contributed by atoms with Crippen molar-refractivity contribution in [2.75, 3.05) is 5.73 Å². The van der Waals surface area contributed by atoms with E-state index in [-0.39, 0.29) is 0 Å². The van der Waals surface area contributed by atoms with Crippen molar-refractivity contribution in [2.45, 2.75) is 23.6 Å². The minimum absolute atomic E-state index is 0.380. The van der Waals surface area contributed by atoms with Crippen molar-refractivity contribution in [3.63, 3.8) is 0 Å². The molecule has 0 atom stereocenters. The highest BCUT2D eigenvalue weighted by molar-refractivity contribution is 7.86. The van der Waals surface area contributed by atoms with Crippen molar-refractivity contribution in [2.24, 2.45) is 10.2 Å². The summed E-state index contributed by atoms with van der Waals surface area (Å²) in [6, 6.07) is 5.71. The van der Waals surface area contributed by atoms with Crippen molar-refractivity contribution in [3.8, 4) is 0 Å². The molecular weight excluding hydrogens is 370 g/mol. The first-order chi connectivity index (χ1) is 11.4. The molecular formula is C14H15N3O6S2. The largest absolute Gasteiger partial charge is 0.399 e. The Hall–Kier alpha value is -2.34. The van der Waals surface area contributed by atoms with Crippen molar-refractivity contribution in [3.05, 3.63) is 41.5 Å². The van der Waals surface area contributed by atoms with E-state index in [1.807, 2.05) is 0 Å². The van der Waals surface area contributed by atoms with Crippen LogP contribution < -0.4 is 5.73 Å². The van der Waals surface area contributed by atoms with Gasteiger partial charge in [-0.15, -0.1) is 5.11 Å². The zero-order valence-corrected chi connectivity index (χ0v) is 14.8. The first-order valence-electron chi connectivity index (χ1n) is 6.77. The van der Waals surface area contributed by atoms with E-state index in [1.54, 1.807) is 26.0 Å². The standard InChI is InChI=1S/C14H15N3O6S2/c1-8-6-12(9(2)5-11(8)15)16-17-13-7-10(24(18,19)20)3-4-14(13)25(21,22)23/h3-7H,15H2,1-2H3,(H,18,19,20)(H,21,22,23)/b17-16+. The van der Waals surface area contributed by atoms with E-state index >= 15 is 0 Å². The van der Waals surface area contributed by atoms with Gasteiger partial charge in [-0.3, -0.25) is 9.11 Å². The van der Waals surface area contributed by atoms with Gasteiger partial charge in [0, 0.05) is 5.69 Å². The molecule has 0 saturated carbocycles. The number of benzene rings is 2. The van der Waals surface area contributed by atoms with E-state index in [1.165, 1.54) is 0 Å². The highest BCUT2D eigenvalue weighted by Crippen LogP contribution is 2.31. The molecule has 0 aliphatic carbocycles. The van der Waals surface area contributed by atoms with Gasteiger partial charge in [-0.2, -0.15) is 21.9 Å². The molecule has 0 aliphatic heterocycles. The monoisotopic (exact) mass is 385 g/mol. The van der Waals surface area contributed by atoms with Crippen LogP contribution in [0.4, 0.5) is 17.1 Å². The van der Waals surface area contributed by atoms with E-state index in [4.69, 9.17) is 10.3 Å². The van der Waals surface area contributed by atoms with Gasteiger partial charge in [0.25, 0.3) is 20.2 Å². The lowest BCUT2D eigenvalue weighted by Gasteiger charge is -2.06. The molecule has 2 aromatic rings. The van der Waals surface area contributed by atoms with Crippen LogP contribution in [0.5, 0.6) is 0 Å². The first kappa shape index (κ1) is 19.0. The lowest BCUT2D eigenvalue weighted by atomic mass is 10.1. The third kappa shape index (κ3) is 4.39. The molecule has 0 heterocycles. The predicted molar refractivity (Wildman–Crippen MR) is 90.6 cm³/mol. The van der Waals surface area contributed by atoms with Crippen LogP contribution >= 0.6 is 0 Å². The molecule has 0 spiro atoms. The number of hydrogen-bond acceptors (Lipinski definition) is 7. The second-order valence-electron chi connectivity index (χ2n) is 5.27. The van der Waals surface area contributed by atoms with Crippen LogP contribution in [0.1, 0.15) is 11.1 Å². The highest BCUT2D eigenvalue weighted by atomic mass is 32.2. The van der Waals surface area contributed by atoms with Crippen molar-refractivity contribution >= 4 is 37.3 Å². The molecule has 2 aromatic carbocycles. The summed E-state index contributed by atoms with van der Waals surface area (Å²) in [5.41, 5.74) is 7.63. The Morgan fingerprint density at radius 1 is 0.840 bits per heavy atom. The zero-order valence-electron chi connectivity index (χ0n) is 13.2. The summed E-state index contributed by atoms with van der Waals surface area (Å²) in [6.45, 7) is 3.46. The number of hydrogen-bond donors (Lipinski definition) is 3. The van der Waals surface area contributed by atoms with Gasteiger partial charge in [0.15, 0.2) is 0 Å². The SMILES string of the molecule is Cc1cc(/N=N/c2cc(S(=O)(=O)O)ccc2S(=O)(=O)O)c(C)cc1N. The summed E-state index contributed by atoms with van der Waals surface area (Å²) >= 11 is 0. The number of nitrogens with two attached hydrogens (primary N) is 1. The lowest BCUT2D eigenvalue weighted by molar-refractivity contribution is 0.478. The van der Waals surface area contributed by atoms with E-state index in [2.05, 4.69) is 10.2 Å². The molecule has 2 rings (SSSR count). The fourth-order valence-electron chi connectivity index (χ4n) is 1.99. The van der Waals surface area contributed by atoms with Gasteiger partial charge < -0.3 is 5.73 Å². The highest BCUT2D eigenvalue weighted by Gasteiger charge is 2.19. The topological polar surface area (TPSA) is 159 Å². The summed E-state index contributed by atoms with van der Waals surface area (Å²) in [7, 11) is -9.26. The van der Waals surface area contributed by atoms with E-state index in [0.29, 0.717) is 16.9 Å². The molecule has 25 heavy (non-hydrogen) atoms. The first-order valence-corrected chi connectivity index (χ1v) is 9.65. The normalized spacial score (nSPS) is 12.6. The molecule has 0 saturated heterocycles. The zero-order chi connectivity index (χ0) is 19.0. The van der Waals surface area contributed by atoms with Gasteiger partial charge in [-0.25, -0.2) is 0 Å². The third-order valence-corrected chi connectivity index (χ3v) is 5.11. The van der Waals surface area contributed by atoms with Crippen LogP contribution in [0.25, 0.3) is 0 Å². The molecule has 0 bridgehead atoms. The van der Waals surface area contributed by atoms with Crippen LogP contribution in [-0.2, 0) is 20.2 Å². The summed E-state index contributed by atoms with van der Waals surface area (Å²) in [6.07, 6.45) is 0. The molecule has 0 unspecified atom stereocenters. The minimum Gasteiger partial charge on any atom is -0.399 e. The van der Waals surface area contributed by atoms with E-state index < -0.39 is 35.7 Å². The van der Waals surface area contributed by atoms with Gasteiger partial charge in [0.2, 0.25) is 0 Å². The molecule has 0 aromatic heterocycles. The molecule has 0 radical (unpaired) electrons. The maximum Gasteiger partial charge on any atom is 0.296 e. The number of nitrogens with zero attached hydrogens (tertiary/aromatic N) is 2. The van der Waals surface area contributed by atoms with E-state index in [9.17, 15) is 21.4 Å². The van der Waals surface area contributed by atoms with Crippen LogP contribution in [0.2, 0.25) is 0 Å². The molecule has 0 aliphatic rings. The summed E-state index contributed by atoms with van der Waals surface area (Å²) < 4.78 is 63.6. The summed E-state index contributed by atoms with van der Waals surface area (Å²) in [5.74, 6) is 0. The van der Waals surface area contributed by atoms with Gasteiger partial charge in [0.05, 0.1) is 10.6 Å². The predicted octanol–water partition coefficient (Wildman–Crippen LogP) is 2.79. The molecule has 4 N–H and O–H groups in total. The summed E-state index contributed by atoms with van der Waals surface area (Å²) in [5, 5.41) is 7.61. The Balaban J connectivity index is 2.63. The maximum atomic E-state index is 11.4. The third-order valence-electron chi connectivity index (χ3n) is 3.36. The average molecular weight is 385 g/mol. The Morgan fingerprint density at radius 3 is 2.00 bits per heavy atom. The van der Waals surface area contributed by atoms with Crippen LogP contribution in [0.3, 0.4) is 0 Å². The Labute approximate surface area is 144 Å². The second kappa shape index (κ2) is 6.52. The fraction of sp³-hybridized carbons (Fsp3) is 0.143. The molecule has 11 heteroatoms. The number of nitrogen functional groups attached to an aromatic ring is 1. The van der Waals surface area contributed by atoms with Crippen molar-refractivity contribution < 1.29 is 25.9 Å². The molecule has 0 fully saturated rings. The fourth-order valence-corrected chi connectivity index (χ4v) is 3.10. The van der Waals surface area contributed by atoms with Gasteiger partial charge >= 0.3 is 0 Å². The smallest absolute Gasteiger partial charge is 0.296 e. The van der Waals surface area contributed by atoms with Gasteiger partial charge in [-0.1, -0.05) is 0 Å². The van der Waals surface area contributed by atoms with Gasteiger partial charge in [0.1, 0.15) is 10.6 Å². The Morgan fingerprint density at radius 2 is 1.44 bits per heavy atom. The number of rotatable bonds is 4. The maximum absolute atomic E-state index is 11.4. The van der Waals surface area contributed by atoms with Crippen molar-refractivity contribution in [1.29, 1.82) is 0 Å². The number of anilines is 1. The number of aryl methyl sites for hydroxylation is 2. The Bertz CT molecular complexity index is 1080. The quantitative estimate of drug-likeness (QED) is 0.414. The second-order valence-corrected chi connectivity index (χ2v) is 8.09. The van der Waals surface area contributed by atoms with Crippen molar-refractivity contribution in [1.82, 2.24) is 0 Å². The minimum atomic E-state index is -4.68. The molecule has 9 nitrogen and oxygen atoms in total. The molecule has 0 amide bonds. The number of azo groups is 1. The van der Waals surface area contributed by atoms with Gasteiger partial charge in [-0.05, 0) is 55.3 Å². The van der Waals surface area contributed by atoms with Crippen LogP contribution in [0.15, 0.2) is 50.4 Å². The molecule has 134 valence electrons. The van der Waals surface area contributed by atoms with Crippen LogP contribution in [0, 0.1) is 13.8 Å². The summed E-state index contributed by atoms with van der Waals surface area (Å²) in [4.78, 5) is -1.23. The average Bonchev–Trinajstić information content (AvgIpc) is 2.47. The Kier molecular flexibility index (Phi) is 4.95. The van der Waals surface area contributed by atoms with E-state index in [0.717, 1.165) is 23.8 Å².